The van der Waals surface area contributed by atoms with Crippen LogP contribution in [0.15, 0.2) is 73.1 Å². The number of benzene rings is 2. The van der Waals surface area contributed by atoms with E-state index in [4.69, 9.17) is 12.2 Å². The number of hydrogen-bond acceptors (Lipinski definition) is 2. The fourth-order valence-electron chi connectivity index (χ4n) is 2.87. The molecule has 2 aromatic carbocycles. The fraction of sp³-hybridized carbons (Fsp3) is 0.143. The van der Waals surface area contributed by atoms with Crippen molar-refractivity contribution < 1.29 is 0 Å². The van der Waals surface area contributed by atoms with Crippen molar-refractivity contribution in [2.75, 3.05) is 5.32 Å². The highest BCUT2D eigenvalue weighted by atomic mass is 32.1. The lowest BCUT2D eigenvalue weighted by molar-refractivity contribution is 0.762. The monoisotopic (exact) mass is 347 g/mol. The summed E-state index contributed by atoms with van der Waals surface area (Å²) in [6.45, 7) is 4.24. The van der Waals surface area contributed by atoms with Gasteiger partial charge in [-0.3, -0.25) is 4.98 Å². The highest BCUT2D eigenvalue weighted by molar-refractivity contribution is 7.80. The number of aromatic nitrogens is 1. The molecule has 3 rings (SSSR count). The molecule has 1 heterocycles. The zero-order valence-corrected chi connectivity index (χ0v) is 15.2. The normalized spacial score (nSPS) is 11.6. The summed E-state index contributed by atoms with van der Waals surface area (Å²) in [5, 5.41) is 7.22. The fourth-order valence-corrected chi connectivity index (χ4v) is 3.11. The number of nitrogens with zero attached hydrogens (tertiary/aromatic N) is 1. The zero-order valence-electron chi connectivity index (χ0n) is 14.4. The van der Waals surface area contributed by atoms with Crippen LogP contribution in [0, 0.1) is 13.8 Å². The van der Waals surface area contributed by atoms with Crippen LogP contribution in [-0.4, -0.2) is 10.1 Å². The van der Waals surface area contributed by atoms with Gasteiger partial charge >= 0.3 is 0 Å². The number of hydrogen-bond donors (Lipinski definition) is 2. The SMILES string of the molecule is Cc1ccc([C@@H](NC(=S)Nc2cccnc2)c2ccccc2)c(C)c1. The van der Waals surface area contributed by atoms with E-state index < -0.39 is 0 Å². The van der Waals surface area contributed by atoms with Gasteiger partial charge in [-0.15, -0.1) is 0 Å². The maximum atomic E-state index is 5.53. The van der Waals surface area contributed by atoms with Gasteiger partial charge in [0.05, 0.1) is 17.9 Å². The molecule has 1 aromatic heterocycles. The summed E-state index contributed by atoms with van der Waals surface area (Å²) in [4.78, 5) is 4.11. The maximum absolute atomic E-state index is 5.53. The standard InChI is InChI=1S/C21H21N3S/c1-15-10-11-19(16(2)13-15)20(17-7-4-3-5-8-17)24-21(25)23-18-9-6-12-22-14-18/h3-14,20H,1-2H3,(H2,23,24,25)/t20-/m0/s1. The number of pyridine rings is 1. The summed E-state index contributed by atoms with van der Waals surface area (Å²) < 4.78 is 0. The molecule has 0 spiro atoms. The number of anilines is 1. The molecule has 0 radical (unpaired) electrons. The molecule has 0 aliphatic rings. The van der Waals surface area contributed by atoms with Crippen LogP contribution in [0.5, 0.6) is 0 Å². The predicted molar refractivity (Wildman–Crippen MR) is 108 cm³/mol. The summed E-state index contributed by atoms with van der Waals surface area (Å²) in [7, 11) is 0. The molecule has 3 nitrogen and oxygen atoms in total. The van der Waals surface area contributed by atoms with E-state index in [0.717, 1.165) is 5.69 Å². The molecule has 0 amide bonds. The van der Waals surface area contributed by atoms with Gasteiger partial charge in [-0.05, 0) is 54.9 Å². The second kappa shape index (κ2) is 7.90. The van der Waals surface area contributed by atoms with E-state index in [1.807, 2.05) is 30.3 Å². The smallest absolute Gasteiger partial charge is 0.171 e. The Morgan fingerprint density at radius 2 is 1.80 bits per heavy atom. The van der Waals surface area contributed by atoms with E-state index >= 15 is 0 Å². The van der Waals surface area contributed by atoms with Gasteiger partial charge < -0.3 is 10.6 Å². The van der Waals surface area contributed by atoms with Crippen molar-refractivity contribution in [3.05, 3.63) is 95.3 Å². The Hall–Kier alpha value is -2.72. The van der Waals surface area contributed by atoms with Gasteiger partial charge in [0.2, 0.25) is 0 Å². The first-order valence-corrected chi connectivity index (χ1v) is 8.64. The average molecular weight is 347 g/mol. The minimum atomic E-state index is -0.0153. The summed E-state index contributed by atoms with van der Waals surface area (Å²) in [6, 6.07) is 20.7. The van der Waals surface area contributed by atoms with Crippen molar-refractivity contribution in [3.63, 3.8) is 0 Å². The van der Waals surface area contributed by atoms with Crippen LogP contribution in [-0.2, 0) is 0 Å². The Morgan fingerprint density at radius 1 is 1.00 bits per heavy atom. The van der Waals surface area contributed by atoms with Crippen molar-refractivity contribution in [2.24, 2.45) is 0 Å². The Bertz CT molecular complexity index is 848. The molecule has 0 bridgehead atoms. The van der Waals surface area contributed by atoms with E-state index in [1.165, 1.54) is 22.3 Å². The second-order valence-corrected chi connectivity index (χ2v) is 6.45. The van der Waals surface area contributed by atoms with Gasteiger partial charge in [0, 0.05) is 6.20 Å². The lowest BCUT2D eigenvalue weighted by Gasteiger charge is -2.23. The molecule has 0 saturated carbocycles. The lowest BCUT2D eigenvalue weighted by Crippen LogP contribution is -2.33. The number of rotatable bonds is 4. The van der Waals surface area contributed by atoms with Gasteiger partial charge in [0.25, 0.3) is 0 Å². The molecule has 0 aliphatic carbocycles. The third kappa shape index (κ3) is 4.43. The van der Waals surface area contributed by atoms with Gasteiger partial charge in [-0.25, -0.2) is 0 Å². The Balaban J connectivity index is 1.88. The van der Waals surface area contributed by atoms with Crippen molar-refractivity contribution in [1.82, 2.24) is 10.3 Å². The van der Waals surface area contributed by atoms with E-state index in [0.29, 0.717) is 5.11 Å². The minimum Gasteiger partial charge on any atom is -0.352 e. The van der Waals surface area contributed by atoms with Crippen LogP contribution in [0.4, 0.5) is 5.69 Å². The summed E-state index contributed by atoms with van der Waals surface area (Å²) in [6.07, 6.45) is 3.49. The molecule has 0 fully saturated rings. The third-order valence-corrected chi connectivity index (χ3v) is 4.28. The Kier molecular flexibility index (Phi) is 5.41. The van der Waals surface area contributed by atoms with Crippen molar-refractivity contribution in [3.8, 4) is 0 Å². The average Bonchev–Trinajstić information content (AvgIpc) is 2.62. The molecule has 0 unspecified atom stereocenters. The van der Waals surface area contributed by atoms with Gasteiger partial charge in [0.15, 0.2) is 5.11 Å². The Labute approximate surface area is 154 Å². The van der Waals surface area contributed by atoms with Crippen LogP contribution < -0.4 is 10.6 Å². The largest absolute Gasteiger partial charge is 0.352 e. The van der Waals surface area contributed by atoms with Crippen molar-refractivity contribution >= 4 is 23.0 Å². The summed E-state index contributed by atoms with van der Waals surface area (Å²) in [5.74, 6) is 0. The molecule has 126 valence electrons. The van der Waals surface area contributed by atoms with Crippen molar-refractivity contribution in [1.29, 1.82) is 0 Å². The first-order chi connectivity index (χ1) is 12.1. The Morgan fingerprint density at radius 3 is 2.48 bits per heavy atom. The van der Waals surface area contributed by atoms with Crippen LogP contribution >= 0.6 is 12.2 Å². The summed E-state index contributed by atoms with van der Waals surface area (Å²) in [5.41, 5.74) is 5.75. The van der Waals surface area contributed by atoms with Crippen LogP contribution in [0.1, 0.15) is 28.3 Å². The van der Waals surface area contributed by atoms with Gasteiger partial charge in [-0.2, -0.15) is 0 Å². The van der Waals surface area contributed by atoms with Crippen LogP contribution in [0.25, 0.3) is 0 Å². The maximum Gasteiger partial charge on any atom is 0.171 e. The first kappa shape index (κ1) is 17.1. The zero-order chi connectivity index (χ0) is 17.6. The molecule has 0 saturated heterocycles. The number of aryl methyl sites for hydroxylation is 2. The van der Waals surface area contributed by atoms with E-state index in [9.17, 15) is 0 Å². The topological polar surface area (TPSA) is 37.0 Å². The van der Waals surface area contributed by atoms with Crippen LogP contribution in [0.3, 0.4) is 0 Å². The highest BCUT2D eigenvalue weighted by Crippen LogP contribution is 2.26. The first-order valence-electron chi connectivity index (χ1n) is 8.23. The van der Waals surface area contributed by atoms with Gasteiger partial charge in [-0.1, -0.05) is 54.1 Å². The molecule has 3 aromatic rings. The molecular formula is C21H21N3S. The van der Waals surface area contributed by atoms with E-state index in [-0.39, 0.29) is 6.04 Å². The molecule has 4 heteroatoms. The molecule has 25 heavy (non-hydrogen) atoms. The highest BCUT2D eigenvalue weighted by Gasteiger charge is 2.17. The molecule has 0 aliphatic heterocycles. The summed E-state index contributed by atoms with van der Waals surface area (Å²) >= 11 is 5.53. The minimum absolute atomic E-state index is 0.0153. The van der Waals surface area contributed by atoms with Gasteiger partial charge in [0.1, 0.15) is 0 Å². The lowest BCUT2D eigenvalue weighted by atomic mass is 9.94. The predicted octanol–water partition coefficient (Wildman–Crippen LogP) is 4.77. The molecule has 1 atom stereocenters. The van der Waals surface area contributed by atoms with Crippen molar-refractivity contribution in [2.45, 2.75) is 19.9 Å². The quantitative estimate of drug-likeness (QED) is 0.666. The third-order valence-electron chi connectivity index (χ3n) is 4.06. The molecule has 2 N–H and O–H groups in total. The molecular weight excluding hydrogens is 326 g/mol. The second-order valence-electron chi connectivity index (χ2n) is 6.04. The number of nitrogens with one attached hydrogen (secondary N) is 2. The number of thiocarbonyl (C=S) groups is 1. The van der Waals surface area contributed by atoms with Crippen LogP contribution in [0.2, 0.25) is 0 Å². The van der Waals surface area contributed by atoms with E-state index in [2.05, 4.69) is 59.8 Å². The van der Waals surface area contributed by atoms with E-state index in [1.54, 1.807) is 12.4 Å².